The maximum atomic E-state index is 5.45. The second-order valence-corrected chi connectivity index (χ2v) is 8.64. The largest absolute Gasteiger partial charge is 0.332 e. The van der Waals surface area contributed by atoms with E-state index in [0.29, 0.717) is 5.11 Å². The summed E-state index contributed by atoms with van der Waals surface area (Å²) in [5, 5.41) is 6.98. The van der Waals surface area contributed by atoms with E-state index in [2.05, 4.69) is 86.2 Å². The lowest BCUT2D eigenvalue weighted by Crippen LogP contribution is -2.26. The number of unbranched alkanes of at least 4 members (excludes halogenated alkanes) is 3. The zero-order chi connectivity index (χ0) is 21.1. The van der Waals surface area contributed by atoms with E-state index in [1.165, 1.54) is 36.1 Å². The van der Waals surface area contributed by atoms with E-state index in [1.807, 2.05) is 0 Å². The molecule has 2 nitrogen and oxygen atoms in total. The molecule has 0 radical (unpaired) electrons. The SMILES string of the molecule is C=C(/C=C/c1ccc(C(=C)NC(=S)Nc2ccc(CCCCCC)cc2)s1)CC. The van der Waals surface area contributed by atoms with Crippen molar-refractivity contribution in [2.45, 2.75) is 52.4 Å². The zero-order valence-corrected chi connectivity index (χ0v) is 19.2. The fraction of sp³-hybridized carbons (Fsp3) is 0.320. The van der Waals surface area contributed by atoms with Crippen LogP contribution in [-0.4, -0.2) is 5.11 Å². The highest BCUT2D eigenvalue weighted by molar-refractivity contribution is 7.80. The van der Waals surface area contributed by atoms with E-state index in [-0.39, 0.29) is 0 Å². The van der Waals surface area contributed by atoms with Crippen LogP contribution < -0.4 is 10.6 Å². The van der Waals surface area contributed by atoms with Crippen LogP contribution in [0.25, 0.3) is 11.8 Å². The molecule has 0 unspecified atom stereocenters. The first-order valence-electron chi connectivity index (χ1n) is 10.3. The second kappa shape index (κ2) is 12.4. The molecule has 2 rings (SSSR count). The van der Waals surface area contributed by atoms with Gasteiger partial charge in [0.2, 0.25) is 0 Å². The maximum absolute atomic E-state index is 5.45. The molecule has 0 bridgehead atoms. The number of thiophene rings is 1. The Morgan fingerprint density at radius 2 is 1.79 bits per heavy atom. The number of aryl methyl sites for hydroxylation is 1. The molecule has 0 atom stereocenters. The van der Waals surface area contributed by atoms with E-state index in [1.54, 1.807) is 11.3 Å². The molecule has 2 aromatic rings. The van der Waals surface area contributed by atoms with Crippen molar-refractivity contribution in [2.24, 2.45) is 0 Å². The molecule has 0 aliphatic heterocycles. The van der Waals surface area contributed by atoms with Crippen molar-refractivity contribution in [3.8, 4) is 0 Å². The topological polar surface area (TPSA) is 24.1 Å². The van der Waals surface area contributed by atoms with Crippen molar-refractivity contribution in [2.75, 3.05) is 5.32 Å². The van der Waals surface area contributed by atoms with Gasteiger partial charge in [-0.15, -0.1) is 11.3 Å². The van der Waals surface area contributed by atoms with Crippen molar-refractivity contribution in [1.29, 1.82) is 0 Å². The second-order valence-electron chi connectivity index (χ2n) is 7.11. The van der Waals surface area contributed by atoms with Crippen molar-refractivity contribution >= 4 is 46.1 Å². The lowest BCUT2D eigenvalue weighted by Gasteiger charge is -2.12. The van der Waals surface area contributed by atoms with Gasteiger partial charge in [0.1, 0.15) is 0 Å². The summed E-state index contributed by atoms with van der Waals surface area (Å²) in [5.74, 6) is 0. The van der Waals surface area contributed by atoms with Crippen molar-refractivity contribution in [1.82, 2.24) is 5.32 Å². The van der Waals surface area contributed by atoms with Gasteiger partial charge in [0, 0.05) is 10.6 Å². The van der Waals surface area contributed by atoms with Gasteiger partial charge in [0.25, 0.3) is 0 Å². The molecule has 0 aliphatic rings. The van der Waals surface area contributed by atoms with Gasteiger partial charge < -0.3 is 10.6 Å². The molecule has 2 N–H and O–H groups in total. The smallest absolute Gasteiger partial charge is 0.175 e. The van der Waals surface area contributed by atoms with Gasteiger partial charge in [-0.1, -0.05) is 70.0 Å². The third kappa shape index (κ3) is 8.38. The first kappa shape index (κ1) is 23.1. The van der Waals surface area contributed by atoms with Crippen LogP contribution in [0.2, 0.25) is 0 Å². The van der Waals surface area contributed by atoms with E-state index in [0.717, 1.165) is 34.7 Å². The number of thiocarbonyl (C=S) groups is 1. The maximum Gasteiger partial charge on any atom is 0.175 e. The molecule has 0 saturated heterocycles. The van der Waals surface area contributed by atoms with Gasteiger partial charge in [-0.2, -0.15) is 0 Å². The predicted octanol–water partition coefficient (Wildman–Crippen LogP) is 7.81. The highest BCUT2D eigenvalue weighted by Gasteiger charge is 2.05. The molecule has 0 aliphatic carbocycles. The molecule has 154 valence electrons. The molecule has 1 aromatic heterocycles. The lowest BCUT2D eigenvalue weighted by atomic mass is 10.1. The van der Waals surface area contributed by atoms with Gasteiger partial charge in [0.15, 0.2) is 5.11 Å². The summed E-state index contributed by atoms with van der Waals surface area (Å²) in [6.45, 7) is 12.5. The quantitative estimate of drug-likeness (QED) is 0.218. The highest BCUT2D eigenvalue weighted by Crippen LogP contribution is 2.23. The van der Waals surface area contributed by atoms with Crippen molar-refractivity contribution < 1.29 is 0 Å². The standard InChI is InChI=1S/C25H32N2S2/c1-5-7-8-9-10-21-12-14-22(15-13-21)27-25(28)26-20(4)24-18-17-23(29-24)16-11-19(3)6-2/h11-18H,3-10H2,1-2H3,(H2,26,27,28)/b16-11+. The fourth-order valence-corrected chi connectivity index (χ4v) is 3.87. The molecule has 1 aromatic carbocycles. The Bertz CT molecular complexity index is 844. The highest BCUT2D eigenvalue weighted by atomic mass is 32.1. The molecule has 0 amide bonds. The summed E-state index contributed by atoms with van der Waals surface area (Å²) in [6, 6.07) is 12.7. The van der Waals surface area contributed by atoms with Crippen molar-refractivity contribution in [3.05, 3.63) is 76.5 Å². The van der Waals surface area contributed by atoms with Crippen LogP contribution in [0, 0.1) is 0 Å². The number of nitrogens with one attached hydrogen (secondary N) is 2. The third-order valence-electron chi connectivity index (χ3n) is 4.66. The minimum atomic E-state index is 0.551. The minimum Gasteiger partial charge on any atom is -0.332 e. The number of allylic oxidation sites excluding steroid dienone is 2. The van der Waals surface area contributed by atoms with Gasteiger partial charge in [-0.3, -0.25) is 0 Å². The number of benzene rings is 1. The first-order valence-corrected chi connectivity index (χ1v) is 11.6. The van der Waals surface area contributed by atoms with Crippen LogP contribution in [-0.2, 0) is 6.42 Å². The van der Waals surface area contributed by atoms with Gasteiger partial charge >= 0.3 is 0 Å². The lowest BCUT2D eigenvalue weighted by molar-refractivity contribution is 0.667. The summed E-state index contributed by atoms with van der Waals surface area (Å²) in [4.78, 5) is 2.24. The van der Waals surface area contributed by atoms with E-state index < -0.39 is 0 Å². The number of anilines is 1. The monoisotopic (exact) mass is 424 g/mol. The molecular weight excluding hydrogens is 392 g/mol. The summed E-state index contributed by atoms with van der Waals surface area (Å²) < 4.78 is 0. The van der Waals surface area contributed by atoms with Crippen LogP contribution in [0.1, 0.15) is 61.3 Å². The molecule has 1 heterocycles. The van der Waals surface area contributed by atoms with E-state index >= 15 is 0 Å². The Morgan fingerprint density at radius 3 is 2.48 bits per heavy atom. The predicted molar refractivity (Wildman–Crippen MR) is 135 cm³/mol. The summed E-state index contributed by atoms with van der Waals surface area (Å²) >= 11 is 7.13. The van der Waals surface area contributed by atoms with Gasteiger partial charge in [0.05, 0.1) is 10.6 Å². The fourth-order valence-electron chi connectivity index (χ4n) is 2.79. The van der Waals surface area contributed by atoms with Crippen molar-refractivity contribution in [3.63, 3.8) is 0 Å². The van der Waals surface area contributed by atoms with E-state index in [4.69, 9.17) is 12.2 Å². The normalized spacial score (nSPS) is 10.8. The molecule has 0 saturated carbocycles. The molecule has 4 heteroatoms. The van der Waals surface area contributed by atoms with E-state index in [9.17, 15) is 0 Å². The molecule has 0 spiro atoms. The Balaban J connectivity index is 1.82. The summed E-state index contributed by atoms with van der Waals surface area (Å²) in [6.07, 6.45) is 11.4. The number of rotatable bonds is 11. The van der Waals surface area contributed by atoms with Crippen LogP contribution in [0.4, 0.5) is 5.69 Å². The van der Waals surface area contributed by atoms with Gasteiger partial charge in [-0.25, -0.2) is 0 Å². The first-order chi connectivity index (χ1) is 14.0. The number of hydrogen-bond donors (Lipinski definition) is 2. The molecule has 0 fully saturated rings. The Morgan fingerprint density at radius 1 is 1.03 bits per heavy atom. The van der Waals surface area contributed by atoms with Crippen LogP contribution >= 0.6 is 23.6 Å². The summed E-state index contributed by atoms with van der Waals surface area (Å²) in [5.41, 5.74) is 4.28. The number of hydrogen-bond acceptors (Lipinski definition) is 2. The van der Waals surface area contributed by atoms with Crippen LogP contribution in [0.3, 0.4) is 0 Å². The summed E-state index contributed by atoms with van der Waals surface area (Å²) in [7, 11) is 0. The molecule has 29 heavy (non-hydrogen) atoms. The van der Waals surface area contributed by atoms with Crippen LogP contribution in [0.5, 0.6) is 0 Å². The average molecular weight is 425 g/mol. The third-order valence-corrected chi connectivity index (χ3v) is 5.97. The van der Waals surface area contributed by atoms with Gasteiger partial charge in [-0.05, 0) is 67.4 Å². The average Bonchev–Trinajstić information content (AvgIpc) is 3.20. The minimum absolute atomic E-state index is 0.551. The van der Waals surface area contributed by atoms with Crippen LogP contribution in [0.15, 0.2) is 61.2 Å². The Labute approximate surface area is 185 Å². The molecular formula is C25H32N2S2. The Hall–Kier alpha value is -2.17. The Kier molecular flexibility index (Phi) is 9.89. The zero-order valence-electron chi connectivity index (χ0n) is 17.6.